The zero-order valence-corrected chi connectivity index (χ0v) is 23.2. The van der Waals surface area contributed by atoms with Gasteiger partial charge in [-0.2, -0.15) is 13.2 Å². The highest BCUT2D eigenvalue weighted by molar-refractivity contribution is 5.81. The van der Waals surface area contributed by atoms with Crippen LogP contribution in [0.15, 0.2) is 42.6 Å². The van der Waals surface area contributed by atoms with Gasteiger partial charge in [-0.25, -0.2) is 17.9 Å². The molecular weight excluding hydrogens is 598 g/mol. The second kappa shape index (κ2) is 12.8. The Kier molecular flexibility index (Phi) is 9.30. The molecule has 0 unspecified atom stereocenters. The highest BCUT2D eigenvalue weighted by Gasteiger charge is 2.45. The summed E-state index contributed by atoms with van der Waals surface area (Å²) in [6.45, 7) is -1.22. The Labute approximate surface area is 247 Å². The molecule has 3 N–H and O–H groups in total. The summed E-state index contributed by atoms with van der Waals surface area (Å²) in [7, 11) is 0. The van der Waals surface area contributed by atoms with Crippen molar-refractivity contribution in [2.45, 2.75) is 81.3 Å². The summed E-state index contributed by atoms with van der Waals surface area (Å²) in [4.78, 5) is 15.2. The monoisotopic (exact) mass is 628 g/mol. The number of carbonyl (C=O) groups excluding carboxylic acids is 1. The first-order valence-electron chi connectivity index (χ1n) is 14.0. The van der Waals surface area contributed by atoms with Gasteiger partial charge >= 0.3 is 6.18 Å². The molecule has 5 rings (SSSR count). The average molecular weight is 629 g/mol. The molecule has 1 aliphatic carbocycles. The fourth-order valence-electron chi connectivity index (χ4n) is 5.92. The molecule has 1 saturated heterocycles. The molecule has 2 aromatic carbocycles. The molecule has 2 aliphatic rings. The van der Waals surface area contributed by atoms with Crippen LogP contribution in [-0.4, -0.2) is 78.2 Å². The molecule has 0 spiro atoms. The molecule has 9 nitrogen and oxygen atoms in total. The molecule has 238 valence electrons. The minimum Gasteiger partial charge on any atom is -0.394 e. The van der Waals surface area contributed by atoms with E-state index in [9.17, 15) is 46.5 Å². The molecule has 6 atom stereocenters. The maximum Gasteiger partial charge on any atom is 0.416 e. The quantitative estimate of drug-likeness (QED) is 0.269. The van der Waals surface area contributed by atoms with E-state index in [1.807, 2.05) is 0 Å². The van der Waals surface area contributed by atoms with E-state index in [4.69, 9.17) is 4.74 Å². The van der Waals surface area contributed by atoms with E-state index in [0.29, 0.717) is 37.8 Å². The van der Waals surface area contributed by atoms with Crippen molar-refractivity contribution in [3.05, 3.63) is 71.2 Å². The maximum atomic E-state index is 14.1. The Balaban J connectivity index is 1.46. The van der Waals surface area contributed by atoms with Gasteiger partial charge in [-0.05, 0) is 36.6 Å². The number of hydrogen-bond donors (Lipinski definition) is 3. The van der Waals surface area contributed by atoms with Crippen molar-refractivity contribution >= 4 is 5.91 Å². The third kappa shape index (κ3) is 6.46. The summed E-state index contributed by atoms with van der Waals surface area (Å²) in [6.07, 6.45) is -6.93. The van der Waals surface area contributed by atoms with Gasteiger partial charge in [0, 0.05) is 18.5 Å². The lowest BCUT2D eigenvalue weighted by atomic mass is 9.89. The van der Waals surface area contributed by atoms with Gasteiger partial charge in [-0.3, -0.25) is 4.79 Å². The number of nitrogens with zero attached hydrogens (tertiary/aromatic N) is 4. The zero-order chi connectivity index (χ0) is 31.8. The second-order valence-electron chi connectivity index (χ2n) is 11.0. The molecule has 2 fully saturated rings. The summed E-state index contributed by atoms with van der Waals surface area (Å²) < 4.78 is 89.4. The predicted octanol–water partition coefficient (Wildman–Crippen LogP) is 3.77. The van der Waals surface area contributed by atoms with Crippen molar-refractivity contribution in [1.29, 1.82) is 0 Å². The summed E-state index contributed by atoms with van der Waals surface area (Å²) in [5, 5.41) is 39.4. The van der Waals surface area contributed by atoms with Crippen molar-refractivity contribution in [1.82, 2.24) is 19.9 Å². The number of carbonyl (C=O) groups is 1. The average Bonchev–Trinajstić information content (AvgIpc) is 3.48. The van der Waals surface area contributed by atoms with Crippen LogP contribution in [0.1, 0.15) is 49.3 Å². The van der Waals surface area contributed by atoms with Crippen molar-refractivity contribution < 1.29 is 51.2 Å². The summed E-state index contributed by atoms with van der Waals surface area (Å²) >= 11 is 0. The number of aliphatic hydroxyl groups is 3. The van der Waals surface area contributed by atoms with Crippen LogP contribution in [0.5, 0.6) is 0 Å². The lowest BCUT2D eigenvalue weighted by molar-refractivity contribution is -0.183. The van der Waals surface area contributed by atoms with E-state index in [0.717, 1.165) is 10.7 Å². The van der Waals surface area contributed by atoms with Gasteiger partial charge in [0.15, 0.2) is 17.5 Å². The topological polar surface area (TPSA) is 121 Å². The minimum absolute atomic E-state index is 0.0828. The Morgan fingerprint density at radius 2 is 1.75 bits per heavy atom. The highest BCUT2D eigenvalue weighted by atomic mass is 19.4. The van der Waals surface area contributed by atoms with Gasteiger partial charge in [-0.1, -0.05) is 36.3 Å². The molecule has 0 radical (unpaired) electrons. The number of halogens is 6. The third-order valence-corrected chi connectivity index (χ3v) is 8.20. The van der Waals surface area contributed by atoms with Gasteiger partial charge in [0.05, 0.1) is 36.6 Å². The van der Waals surface area contributed by atoms with E-state index < -0.39 is 84.7 Å². The van der Waals surface area contributed by atoms with Gasteiger partial charge in [-0.15, -0.1) is 5.10 Å². The summed E-state index contributed by atoms with van der Waals surface area (Å²) in [6, 6.07) is 4.33. The Hall–Kier alpha value is -3.53. The van der Waals surface area contributed by atoms with Crippen molar-refractivity contribution in [2.75, 3.05) is 6.61 Å². The first kappa shape index (κ1) is 31.9. The number of ether oxygens (including phenoxy) is 1. The molecule has 1 amide bonds. The lowest BCUT2D eigenvalue weighted by Crippen LogP contribution is -2.56. The summed E-state index contributed by atoms with van der Waals surface area (Å²) in [5.74, 6) is -5.34. The highest BCUT2D eigenvalue weighted by Crippen LogP contribution is 2.36. The number of aliphatic hydroxyl groups excluding tert-OH is 3. The second-order valence-corrected chi connectivity index (χ2v) is 11.0. The van der Waals surface area contributed by atoms with Crippen LogP contribution in [0.4, 0.5) is 26.3 Å². The Bertz CT molecular complexity index is 1460. The molecule has 0 bridgehead atoms. The van der Waals surface area contributed by atoms with Crippen LogP contribution in [0.2, 0.25) is 0 Å². The van der Waals surface area contributed by atoms with Crippen molar-refractivity contribution in [3.8, 4) is 11.3 Å². The van der Waals surface area contributed by atoms with E-state index in [2.05, 4.69) is 10.3 Å². The number of amides is 1. The fraction of sp³-hybridized carbons (Fsp3) is 0.483. The summed E-state index contributed by atoms with van der Waals surface area (Å²) in [5.41, 5.74) is -1.35. The van der Waals surface area contributed by atoms with Gasteiger partial charge in [0.1, 0.15) is 24.0 Å². The first-order chi connectivity index (χ1) is 20.9. The molecular formula is C29H30F6N4O5. The third-order valence-electron chi connectivity index (χ3n) is 8.20. The Morgan fingerprint density at radius 3 is 2.41 bits per heavy atom. The minimum atomic E-state index is -4.70. The van der Waals surface area contributed by atoms with Crippen LogP contribution in [0, 0.1) is 17.5 Å². The largest absolute Gasteiger partial charge is 0.416 e. The standard InChI is InChI=1S/C29H30F6N4O5/c30-18-9-16(10-19(31)26(18)32)20-13-39(37-36-20)22-11-24(44-25(14-40)27(22)42)28(43)38(21-7-3-4-8-23(21)41)12-15-5-1-2-6-17(15)29(33,34)35/h1-2,5-6,9-10,13,21-25,27,40-42H,3-4,7-8,11-12,14H2/t21-,22-,23-,24+,25+,27+/m0/s1. The number of alkyl halides is 3. The normalized spacial score (nSPS) is 26.0. The molecule has 1 saturated carbocycles. The zero-order valence-electron chi connectivity index (χ0n) is 23.2. The van der Waals surface area contributed by atoms with E-state index in [1.165, 1.54) is 29.3 Å². The van der Waals surface area contributed by atoms with E-state index >= 15 is 0 Å². The number of aromatic nitrogens is 3. The van der Waals surface area contributed by atoms with Crippen molar-refractivity contribution in [3.63, 3.8) is 0 Å². The fourth-order valence-corrected chi connectivity index (χ4v) is 5.92. The number of benzene rings is 2. The molecule has 15 heteroatoms. The van der Waals surface area contributed by atoms with Gasteiger partial charge < -0.3 is 25.0 Å². The van der Waals surface area contributed by atoms with Crippen LogP contribution in [0.25, 0.3) is 11.3 Å². The molecule has 1 aromatic heterocycles. The SMILES string of the molecule is O=C([C@H]1C[C@H](n2cc(-c3cc(F)c(F)c(F)c3)nn2)[C@@H](O)[C@@H](CO)O1)N(Cc1ccccc1C(F)(F)F)[C@H]1CCCC[C@@H]1O. The molecule has 1 aliphatic heterocycles. The molecule has 44 heavy (non-hydrogen) atoms. The number of rotatable bonds is 7. The number of hydrogen-bond acceptors (Lipinski definition) is 7. The van der Waals surface area contributed by atoms with Gasteiger partial charge in [0.2, 0.25) is 0 Å². The van der Waals surface area contributed by atoms with E-state index in [-0.39, 0.29) is 23.2 Å². The van der Waals surface area contributed by atoms with Crippen molar-refractivity contribution in [2.24, 2.45) is 0 Å². The van der Waals surface area contributed by atoms with Crippen LogP contribution in [0.3, 0.4) is 0 Å². The lowest BCUT2D eigenvalue weighted by Gasteiger charge is -2.43. The van der Waals surface area contributed by atoms with E-state index in [1.54, 1.807) is 0 Å². The van der Waals surface area contributed by atoms with Crippen LogP contribution >= 0.6 is 0 Å². The Morgan fingerprint density at radius 1 is 1.07 bits per heavy atom. The van der Waals surface area contributed by atoms with Crippen LogP contribution in [-0.2, 0) is 22.3 Å². The molecule has 2 heterocycles. The van der Waals surface area contributed by atoms with Gasteiger partial charge in [0.25, 0.3) is 5.91 Å². The first-order valence-corrected chi connectivity index (χ1v) is 14.0. The molecule has 3 aromatic rings. The smallest absolute Gasteiger partial charge is 0.394 e. The van der Waals surface area contributed by atoms with Crippen LogP contribution < -0.4 is 0 Å². The maximum absolute atomic E-state index is 14.1. The predicted molar refractivity (Wildman–Crippen MR) is 141 cm³/mol.